The first-order valence-corrected chi connectivity index (χ1v) is 7.50. The van der Waals surface area contributed by atoms with Gasteiger partial charge < -0.3 is 14.5 Å². The summed E-state index contributed by atoms with van der Waals surface area (Å²) in [6.45, 7) is -0.549. The molecule has 1 aliphatic heterocycles. The van der Waals surface area contributed by atoms with Crippen LogP contribution in [-0.4, -0.2) is 48.3 Å². The Labute approximate surface area is 142 Å². The zero-order chi connectivity index (χ0) is 17.8. The van der Waals surface area contributed by atoms with Crippen molar-refractivity contribution < 1.29 is 28.3 Å². The number of fused-ring (bicyclic) bond motifs is 1. The van der Waals surface area contributed by atoms with Gasteiger partial charge >= 0.3 is 5.97 Å². The number of hydrogen-bond donors (Lipinski definition) is 1. The summed E-state index contributed by atoms with van der Waals surface area (Å²) in [5, 5.41) is 2.34. The average molecular weight is 342 g/mol. The van der Waals surface area contributed by atoms with Crippen molar-refractivity contribution in [2.45, 2.75) is 0 Å². The van der Waals surface area contributed by atoms with Crippen molar-refractivity contribution in [1.82, 2.24) is 10.2 Å². The number of hydrogen-bond acceptors (Lipinski definition) is 6. The molecule has 3 rings (SSSR count). The summed E-state index contributed by atoms with van der Waals surface area (Å²) in [7, 11) is 0. The molecule has 1 aliphatic rings. The van der Waals surface area contributed by atoms with Crippen LogP contribution in [0.4, 0.5) is 0 Å². The number of rotatable bonds is 6. The molecule has 0 saturated carbocycles. The zero-order valence-electron chi connectivity index (χ0n) is 13.1. The molecule has 0 fully saturated rings. The van der Waals surface area contributed by atoms with Gasteiger partial charge in [-0.05, 0) is 24.3 Å². The van der Waals surface area contributed by atoms with Crippen molar-refractivity contribution in [1.29, 1.82) is 0 Å². The maximum absolute atomic E-state index is 12.1. The van der Waals surface area contributed by atoms with Crippen LogP contribution in [0.1, 0.15) is 31.3 Å². The van der Waals surface area contributed by atoms with E-state index in [9.17, 15) is 19.2 Å². The van der Waals surface area contributed by atoms with Crippen molar-refractivity contribution in [3.63, 3.8) is 0 Å². The van der Waals surface area contributed by atoms with E-state index < -0.39 is 23.7 Å². The van der Waals surface area contributed by atoms with Gasteiger partial charge in [0, 0.05) is 0 Å². The minimum Gasteiger partial charge on any atom is -0.462 e. The first-order valence-electron chi connectivity index (χ1n) is 7.50. The van der Waals surface area contributed by atoms with Crippen molar-refractivity contribution in [2.24, 2.45) is 0 Å². The number of imide groups is 1. The van der Waals surface area contributed by atoms with Crippen molar-refractivity contribution in [3.05, 3.63) is 59.5 Å². The number of carbonyl (C=O) groups excluding carboxylic acids is 4. The smallest absolute Gasteiger partial charge is 0.325 e. The van der Waals surface area contributed by atoms with E-state index in [1.165, 1.54) is 12.3 Å². The van der Waals surface area contributed by atoms with Crippen molar-refractivity contribution >= 4 is 23.7 Å². The fraction of sp³-hybridized carbons (Fsp3) is 0.176. The van der Waals surface area contributed by atoms with Gasteiger partial charge in [0.05, 0.1) is 23.9 Å². The Balaban J connectivity index is 1.44. The third-order valence-electron chi connectivity index (χ3n) is 3.59. The molecule has 0 unspecified atom stereocenters. The number of furan rings is 1. The molecule has 128 valence electrons. The summed E-state index contributed by atoms with van der Waals surface area (Å²) in [6, 6.07) is 9.51. The minimum absolute atomic E-state index is 0.0514. The number of carbonyl (C=O) groups is 4. The van der Waals surface area contributed by atoms with Gasteiger partial charge in [-0.2, -0.15) is 0 Å². The molecule has 0 bridgehead atoms. The summed E-state index contributed by atoms with van der Waals surface area (Å²) in [6.07, 6.45) is 1.34. The molecule has 2 heterocycles. The largest absolute Gasteiger partial charge is 0.462 e. The molecule has 2 aromatic rings. The third-order valence-corrected chi connectivity index (χ3v) is 3.59. The quantitative estimate of drug-likeness (QED) is 0.616. The lowest BCUT2D eigenvalue weighted by Crippen LogP contribution is -2.35. The maximum Gasteiger partial charge on any atom is 0.325 e. The van der Waals surface area contributed by atoms with Crippen LogP contribution in [0.15, 0.2) is 47.1 Å². The van der Waals surface area contributed by atoms with Gasteiger partial charge in [-0.15, -0.1) is 0 Å². The normalized spacial score (nSPS) is 12.9. The molecule has 1 aromatic heterocycles. The summed E-state index contributed by atoms with van der Waals surface area (Å²) in [5.41, 5.74) is 0.675. The Kier molecular flexibility index (Phi) is 4.60. The Hall–Kier alpha value is -3.42. The maximum atomic E-state index is 12.1. The van der Waals surface area contributed by atoms with E-state index in [1.54, 1.807) is 30.3 Å². The number of nitrogens with one attached hydrogen (secondary N) is 1. The van der Waals surface area contributed by atoms with Gasteiger partial charge in [-0.25, -0.2) is 0 Å². The molecule has 0 atom stereocenters. The predicted octanol–water partition coefficient (Wildman–Crippen LogP) is 0.849. The standard InChI is InChI=1S/C17H14N2O6/c20-14(10-18-15(21)13-6-3-8-24-13)25-9-7-19-16(22)11-4-1-2-5-12(11)17(19)23/h1-6,8H,7,9-10H2,(H,18,21). The van der Waals surface area contributed by atoms with Crippen molar-refractivity contribution in [3.8, 4) is 0 Å². The van der Waals surface area contributed by atoms with Gasteiger partial charge in [0.1, 0.15) is 13.2 Å². The van der Waals surface area contributed by atoms with Gasteiger partial charge in [-0.3, -0.25) is 24.1 Å². The molecule has 0 radical (unpaired) electrons. The van der Waals surface area contributed by atoms with Crippen LogP contribution >= 0.6 is 0 Å². The van der Waals surface area contributed by atoms with Gasteiger partial charge in [0.2, 0.25) is 0 Å². The van der Waals surface area contributed by atoms with E-state index in [2.05, 4.69) is 5.32 Å². The highest BCUT2D eigenvalue weighted by atomic mass is 16.5. The number of ether oxygens (including phenoxy) is 1. The second-order valence-corrected chi connectivity index (χ2v) is 5.19. The number of esters is 1. The minimum atomic E-state index is -0.684. The summed E-state index contributed by atoms with van der Waals surface area (Å²) >= 11 is 0. The summed E-state index contributed by atoms with van der Waals surface area (Å²) < 4.78 is 9.82. The lowest BCUT2D eigenvalue weighted by atomic mass is 10.1. The van der Waals surface area contributed by atoms with E-state index in [0.29, 0.717) is 11.1 Å². The molecular formula is C17H14N2O6. The second-order valence-electron chi connectivity index (χ2n) is 5.19. The summed E-state index contributed by atoms with van der Waals surface area (Å²) in [5.74, 6) is -1.97. The lowest BCUT2D eigenvalue weighted by Gasteiger charge is -2.13. The highest BCUT2D eigenvalue weighted by Gasteiger charge is 2.34. The molecule has 0 spiro atoms. The third kappa shape index (κ3) is 3.42. The lowest BCUT2D eigenvalue weighted by molar-refractivity contribution is -0.142. The molecule has 8 heteroatoms. The van der Waals surface area contributed by atoms with Crippen molar-refractivity contribution in [2.75, 3.05) is 19.7 Å². The van der Waals surface area contributed by atoms with Crippen LogP contribution in [0.25, 0.3) is 0 Å². The highest BCUT2D eigenvalue weighted by molar-refractivity contribution is 6.21. The van der Waals surface area contributed by atoms with Crippen LogP contribution in [0, 0.1) is 0 Å². The molecule has 1 N–H and O–H groups in total. The predicted molar refractivity (Wildman–Crippen MR) is 83.8 cm³/mol. The Bertz CT molecular complexity index is 792. The molecular weight excluding hydrogens is 328 g/mol. The molecule has 0 aliphatic carbocycles. The van der Waals surface area contributed by atoms with Crippen LogP contribution in [-0.2, 0) is 9.53 Å². The van der Waals surface area contributed by atoms with Crippen LogP contribution in [0.5, 0.6) is 0 Å². The monoisotopic (exact) mass is 342 g/mol. The SMILES string of the molecule is O=C(CNC(=O)c1ccco1)OCCN1C(=O)c2ccccc2C1=O. The summed E-state index contributed by atoms with van der Waals surface area (Å²) in [4.78, 5) is 48.5. The van der Waals surface area contributed by atoms with Crippen LogP contribution in [0.3, 0.4) is 0 Å². The first-order chi connectivity index (χ1) is 12.1. The fourth-order valence-corrected chi connectivity index (χ4v) is 2.39. The Morgan fingerprint density at radius 1 is 1.04 bits per heavy atom. The molecule has 25 heavy (non-hydrogen) atoms. The number of nitrogens with zero attached hydrogens (tertiary/aromatic N) is 1. The number of benzene rings is 1. The fourth-order valence-electron chi connectivity index (χ4n) is 2.39. The molecule has 3 amide bonds. The van der Waals surface area contributed by atoms with Gasteiger partial charge in [-0.1, -0.05) is 12.1 Å². The van der Waals surface area contributed by atoms with Gasteiger partial charge in [0.15, 0.2) is 5.76 Å². The van der Waals surface area contributed by atoms with E-state index >= 15 is 0 Å². The van der Waals surface area contributed by atoms with Gasteiger partial charge in [0.25, 0.3) is 17.7 Å². The van der Waals surface area contributed by atoms with Crippen LogP contribution in [0.2, 0.25) is 0 Å². The van der Waals surface area contributed by atoms with E-state index in [-0.39, 0.29) is 25.5 Å². The second kappa shape index (κ2) is 7.00. The van der Waals surface area contributed by atoms with E-state index in [1.807, 2.05) is 0 Å². The highest BCUT2D eigenvalue weighted by Crippen LogP contribution is 2.21. The topological polar surface area (TPSA) is 106 Å². The zero-order valence-corrected chi connectivity index (χ0v) is 13.1. The van der Waals surface area contributed by atoms with Crippen LogP contribution < -0.4 is 5.32 Å². The molecule has 1 aromatic carbocycles. The average Bonchev–Trinajstić information content (AvgIpc) is 3.23. The Morgan fingerprint density at radius 2 is 1.72 bits per heavy atom. The Morgan fingerprint density at radius 3 is 2.32 bits per heavy atom. The van der Waals surface area contributed by atoms with E-state index in [0.717, 1.165) is 4.90 Å². The molecule has 0 saturated heterocycles. The first kappa shape index (κ1) is 16.4. The molecule has 8 nitrogen and oxygen atoms in total. The van der Waals surface area contributed by atoms with E-state index in [4.69, 9.17) is 9.15 Å². The number of amides is 3.